The Hall–Kier alpha value is -1.72. The Kier molecular flexibility index (Phi) is 6.30. The van der Waals surface area contributed by atoms with E-state index in [1.807, 2.05) is 0 Å². The summed E-state index contributed by atoms with van der Waals surface area (Å²) in [6.45, 7) is 0.0196. The normalized spacial score (nSPS) is 10.4. The van der Waals surface area contributed by atoms with Crippen LogP contribution in [-0.4, -0.2) is 18.4 Å². The minimum absolute atomic E-state index is 0.000869. The lowest BCUT2D eigenvalue weighted by Gasteiger charge is -2.07. The summed E-state index contributed by atoms with van der Waals surface area (Å²) in [7, 11) is 0. The smallest absolute Gasteiger partial charge is 0.342 e. The minimum Gasteiger partial charge on any atom is -0.462 e. The van der Waals surface area contributed by atoms with Gasteiger partial charge in [-0.25, -0.2) is 9.18 Å². The number of hydrogen-bond donors (Lipinski definition) is 0. The molecule has 0 aliphatic carbocycles. The van der Waals surface area contributed by atoms with Crippen LogP contribution in [0, 0.1) is 5.82 Å². The standard InChI is InChI=1S/C17H13BrClFO3/c18-12-8-6-11(7-9-12)15(21)5-2-10-23-17(22)16-13(19)3-1-4-14(16)20/h1,3-4,6-9H,2,5,10H2. The van der Waals surface area contributed by atoms with Crippen LogP contribution in [0.15, 0.2) is 46.9 Å². The summed E-state index contributed by atoms with van der Waals surface area (Å²) in [6, 6.07) is 11.0. The van der Waals surface area contributed by atoms with Crippen LogP contribution in [0.3, 0.4) is 0 Å². The van der Waals surface area contributed by atoms with Gasteiger partial charge in [0, 0.05) is 16.5 Å². The third-order valence-corrected chi connectivity index (χ3v) is 3.96. The molecule has 0 radical (unpaired) electrons. The van der Waals surface area contributed by atoms with E-state index in [-0.39, 0.29) is 29.4 Å². The highest BCUT2D eigenvalue weighted by molar-refractivity contribution is 9.10. The highest BCUT2D eigenvalue weighted by Gasteiger charge is 2.17. The first-order valence-electron chi connectivity index (χ1n) is 6.89. The number of rotatable bonds is 6. The molecule has 23 heavy (non-hydrogen) atoms. The lowest BCUT2D eigenvalue weighted by atomic mass is 10.1. The Labute approximate surface area is 146 Å². The van der Waals surface area contributed by atoms with Gasteiger partial charge in [0.2, 0.25) is 0 Å². The van der Waals surface area contributed by atoms with Crippen molar-refractivity contribution in [3.8, 4) is 0 Å². The third-order valence-electron chi connectivity index (χ3n) is 3.11. The number of halogens is 3. The number of Topliss-reactive ketones (excluding diaryl/α,β-unsaturated/α-hetero) is 1. The molecule has 0 saturated heterocycles. The monoisotopic (exact) mass is 398 g/mol. The van der Waals surface area contributed by atoms with Gasteiger partial charge in [-0.3, -0.25) is 4.79 Å². The molecular formula is C17H13BrClFO3. The number of hydrogen-bond acceptors (Lipinski definition) is 3. The van der Waals surface area contributed by atoms with Gasteiger partial charge < -0.3 is 4.74 Å². The van der Waals surface area contributed by atoms with Gasteiger partial charge >= 0.3 is 5.97 Å². The van der Waals surface area contributed by atoms with Crippen LogP contribution in [-0.2, 0) is 4.74 Å². The van der Waals surface area contributed by atoms with Crippen molar-refractivity contribution in [3.63, 3.8) is 0 Å². The molecule has 0 heterocycles. The van der Waals surface area contributed by atoms with E-state index < -0.39 is 11.8 Å². The minimum atomic E-state index is -0.829. The summed E-state index contributed by atoms with van der Waals surface area (Å²) < 4.78 is 19.4. The maximum absolute atomic E-state index is 13.5. The highest BCUT2D eigenvalue weighted by Crippen LogP contribution is 2.20. The molecule has 0 bridgehead atoms. The summed E-state index contributed by atoms with van der Waals surface area (Å²) in [5.74, 6) is -1.60. The molecule has 2 aromatic rings. The van der Waals surface area contributed by atoms with E-state index in [0.29, 0.717) is 12.0 Å². The number of benzene rings is 2. The van der Waals surface area contributed by atoms with E-state index in [1.165, 1.54) is 12.1 Å². The van der Waals surface area contributed by atoms with Crippen LogP contribution in [0.1, 0.15) is 33.6 Å². The summed E-state index contributed by atoms with van der Waals surface area (Å²) in [4.78, 5) is 23.7. The van der Waals surface area contributed by atoms with Gasteiger partial charge in [-0.2, -0.15) is 0 Å². The molecule has 2 rings (SSSR count). The molecule has 0 fully saturated rings. The fourth-order valence-corrected chi connectivity index (χ4v) is 2.45. The van der Waals surface area contributed by atoms with Gasteiger partial charge in [0.25, 0.3) is 0 Å². The second-order valence-corrected chi connectivity index (χ2v) is 6.09. The van der Waals surface area contributed by atoms with Gasteiger partial charge in [-0.05, 0) is 30.7 Å². The molecule has 0 aromatic heterocycles. The molecule has 0 aliphatic rings. The van der Waals surface area contributed by atoms with Gasteiger partial charge in [-0.15, -0.1) is 0 Å². The molecule has 0 spiro atoms. The lowest BCUT2D eigenvalue weighted by molar-refractivity contribution is 0.0489. The van der Waals surface area contributed by atoms with E-state index in [9.17, 15) is 14.0 Å². The zero-order valence-corrected chi connectivity index (χ0v) is 14.4. The molecule has 0 N–H and O–H groups in total. The highest BCUT2D eigenvalue weighted by atomic mass is 79.9. The lowest BCUT2D eigenvalue weighted by Crippen LogP contribution is -2.10. The second-order valence-electron chi connectivity index (χ2n) is 4.77. The molecule has 0 unspecified atom stereocenters. The van der Waals surface area contributed by atoms with Crippen LogP contribution < -0.4 is 0 Å². The number of ketones is 1. The molecular weight excluding hydrogens is 387 g/mol. The summed E-state index contributed by atoms with van der Waals surface area (Å²) >= 11 is 9.08. The van der Waals surface area contributed by atoms with Crippen molar-refractivity contribution in [3.05, 3.63) is 68.9 Å². The van der Waals surface area contributed by atoms with Gasteiger partial charge in [0.1, 0.15) is 11.4 Å². The average Bonchev–Trinajstić information content (AvgIpc) is 2.52. The SMILES string of the molecule is O=C(CCCOC(=O)c1c(F)cccc1Cl)c1ccc(Br)cc1. The molecule has 6 heteroatoms. The van der Waals surface area contributed by atoms with Crippen molar-refractivity contribution in [2.45, 2.75) is 12.8 Å². The van der Waals surface area contributed by atoms with Gasteiger partial charge in [0.15, 0.2) is 5.78 Å². The van der Waals surface area contributed by atoms with E-state index in [1.54, 1.807) is 24.3 Å². The topological polar surface area (TPSA) is 43.4 Å². The van der Waals surface area contributed by atoms with E-state index in [4.69, 9.17) is 16.3 Å². The van der Waals surface area contributed by atoms with E-state index >= 15 is 0 Å². The molecule has 0 atom stereocenters. The van der Waals surface area contributed by atoms with Crippen molar-refractivity contribution in [1.29, 1.82) is 0 Å². The average molecular weight is 400 g/mol. The number of carbonyl (C=O) groups is 2. The largest absolute Gasteiger partial charge is 0.462 e. The van der Waals surface area contributed by atoms with Crippen LogP contribution in [0.2, 0.25) is 5.02 Å². The van der Waals surface area contributed by atoms with Crippen LogP contribution in [0.5, 0.6) is 0 Å². The Balaban J connectivity index is 1.82. The van der Waals surface area contributed by atoms with Crippen molar-refractivity contribution in [1.82, 2.24) is 0 Å². The van der Waals surface area contributed by atoms with Crippen molar-refractivity contribution in [2.75, 3.05) is 6.61 Å². The zero-order chi connectivity index (χ0) is 16.8. The van der Waals surface area contributed by atoms with E-state index in [0.717, 1.165) is 10.5 Å². The fraction of sp³-hybridized carbons (Fsp3) is 0.176. The van der Waals surface area contributed by atoms with Crippen LogP contribution in [0.25, 0.3) is 0 Å². The molecule has 3 nitrogen and oxygen atoms in total. The number of esters is 1. The Morgan fingerprint density at radius 2 is 1.83 bits per heavy atom. The third kappa shape index (κ3) is 4.88. The first kappa shape index (κ1) is 17.6. The van der Waals surface area contributed by atoms with Crippen LogP contribution >= 0.6 is 27.5 Å². The summed E-state index contributed by atoms with van der Waals surface area (Å²) in [5.41, 5.74) is 0.310. The quantitative estimate of drug-likeness (QED) is 0.387. The second kappa shape index (κ2) is 8.22. The molecule has 0 saturated carbocycles. The predicted molar refractivity (Wildman–Crippen MR) is 89.4 cm³/mol. The first-order chi connectivity index (χ1) is 11.0. The molecule has 2 aromatic carbocycles. The maximum Gasteiger partial charge on any atom is 0.342 e. The van der Waals surface area contributed by atoms with Crippen LogP contribution in [0.4, 0.5) is 4.39 Å². The van der Waals surface area contributed by atoms with Crippen molar-refractivity contribution < 1.29 is 18.7 Å². The van der Waals surface area contributed by atoms with Crippen molar-refractivity contribution in [2.24, 2.45) is 0 Å². The fourth-order valence-electron chi connectivity index (χ4n) is 1.94. The number of carbonyl (C=O) groups excluding carboxylic acids is 2. The maximum atomic E-state index is 13.5. The molecule has 0 aliphatic heterocycles. The Bertz CT molecular complexity index is 696. The Morgan fingerprint density at radius 3 is 2.48 bits per heavy atom. The number of ether oxygens (including phenoxy) is 1. The first-order valence-corrected chi connectivity index (χ1v) is 8.06. The van der Waals surface area contributed by atoms with E-state index in [2.05, 4.69) is 15.9 Å². The van der Waals surface area contributed by atoms with Crippen molar-refractivity contribution >= 4 is 39.3 Å². The molecule has 120 valence electrons. The molecule has 0 amide bonds. The predicted octanol–water partition coefficient (Wildman–Crippen LogP) is 5.06. The summed E-state index contributed by atoms with van der Waals surface area (Å²) in [6.07, 6.45) is 0.590. The Morgan fingerprint density at radius 1 is 1.13 bits per heavy atom. The summed E-state index contributed by atoms with van der Waals surface area (Å²) in [5, 5.41) is 0.000869. The van der Waals surface area contributed by atoms with Gasteiger partial charge in [-0.1, -0.05) is 45.7 Å². The zero-order valence-electron chi connectivity index (χ0n) is 12.0. The van der Waals surface area contributed by atoms with Gasteiger partial charge in [0.05, 0.1) is 11.6 Å².